The first kappa shape index (κ1) is 32.1. The quantitative estimate of drug-likeness (QED) is 0.114. The van der Waals surface area contributed by atoms with E-state index in [9.17, 15) is 4.57 Å². The van der Waals surface area contributed by atoms with Crippen LogP contribution in [0.2, 0.25) is 0 Å². The minimum Gasteiger partial charge on any atom is -0.381 e. The number of ether oxygens (including phenoxy) is 1. The van der Waals surface area contributed by atoms with E-state index in [1.54, 1.807) is 0 Å². The van der Waals surface area contributed by atoms with Gasteiger partial charge in [0.1, 0.15) is 0 Å². The van der Waals surface area contributed by atoms with Gasteiger partial charge in [0.15, 0.2) is 0 Å². The van der Waals surface area contributed by atoms with E-state index in [4.69, 9.17) is 14.5 Å². The molecule has 0 heterocycles. The SMILES string of the molecule is CCCCC(CC)(CC)CCCCOCCCCC(CC)(CC)CCCCOP(=O)(O)O. The molecule has 0 fully saturated rings. The first-order chi connectivity index (χ1) is 15.2. The van der Waals surface area contributed by atoms with Crippen LogP contribution in [0.1, 0.15) is 137 Å². The number of rotatable bonds is 23. The molecule has 0 saturated heterocycles. The predicted molar refractivity (Wildman–Crippen MR) is 136 cm³/mol. The Morgan fingerprint density at radius 3 is 1.31 bits per heavy atom. The van der Waals surface area contributed by atoms with E-state index in [0.717, 1.165) is 45.3 Å². The first-order valence-corrected chi connectivity index (χ1v) is 15.0. The molecule has 32 heavy (non-hydrogen) atoms. The van der Waals surface area contributed by atoms with Crippen molar-refractivity contribution in [3.8, 4) is 0 Å². The van der Waals surface area contributed by atoms with Crippen LogP contribution < -0.4 is 0 Å². The molecule has 0 aromatic carbocycles. The maximum Gasteiger partial charge on any atom is 0.469 e. The highest BCUT2D eigenvalue weighted by Crippen LogP contribution is 2.40. The molecule has 0 spiro atoms. The van der Waals surface area contributed by atoms with Gasteiger partial charge in [0.2, 0.25) is 0 Å². The van der Waals surface area contributed by atoms with E-state index in [1.807, 2.05) is 0 Å². The Morgan fingerprint density at radius 1 is 0.594 bits per heavy atom. The van der Waals surface area contributed by atoms with Gasteiger partial charge in [0.05, 0.1) is 6.61 Å². The summed E-state index contributed by atoms with van der Waals surface area (Å²) in [4.78, 5) is 17.5. The molecule has 194 valence electrons. The van der Waals surface area contributed by atoms with Crippen molar-refractivity contribution in [1.29, 1.82) is 0 Å². The van der Waals surface area contributed by atoms with Gasteiger partial charge in [-0.05, 0) is 55.8 Å². The van der Waals surface area contributed by atoms with Crippen LogP contribution in [0.5, 0.6) is 0 Å². The van der Waals surface area contributed by atoms with Crippen LogP contribution in [0.4, 0.5) is 0 Å². The maximum atomic E-state index is 10.8. The molecule has 0 radical (unpaired) electrons. The molecule has 6 heteroatoms. The van der Waals surface area contributed by atoms with Gasteiger partial charge in [-0.15, -0.1) is 0 Å². The third-order valence-electron chi connectivity index (χ3n) is 7.91. The molecule has 5 nitrogen and oxygen atoms in total. The van der Waals surface area contributed by atoms with Crippen LogP contribution in [-0.4, -0.2) is 29.6 Å². The summed E-state index contributed by atoms with van der Waals surface area (Å²) in [5.74, 6) is 0. The molecule has 0 bridgehead atoms. The van der Waals surface area contributed by atoms with Crippen molar-refractivity contribution in [1.82, 2.24) is 0 Å². The summed E-state index contributed by atoms with van der Waals surface area (Å²) >= 11 is 0. The van der Waals surface area contributed by atoms with Gasteiger partial charge in [-0.3, -0.25) is 4.52 Å². The largest absolute Gasteiger partial charge is 0.469 e. The summed E-state index contributed by atoms with van der Waals surface area (Å²) in [7, 11) is -4.33. The highest BCUT2D eigenvalue weighted by atomic mass is 31.2. The van der Waals surface area contributed by atoms with Gasteiger partial charge in [-0.25, -0.2) is 4.57 Å². The molecule has 0 aliphatic heterocycles. The second-order valence-electron chi connectivity index (χ2n) is 9.83. The molecule has 2 N–H and O–H groups in total. The minimum atomic E-state index is -4.33. The van der Waals surface area contributed by atoms with Gasteiger partial charge in [-0.2, -0.15) is 0 Å². The third-order valence-corrected chi connectivity index (χ3v) is 8.43. The highest BCUT2D eigenvalue weighted by molar-refractivity contribution is 7.46. The molecular weight excluding hydrogens is 423 g/mol. The lowest BCUT2D eigenvalue weighted by molar-refractivity contribution is 0.113. The zero-order chi connectivity index (χ0) is 24.3. The normalized spacial score (nSPS) is 13.1. The monoisotopic (exact) mass is 478 g/mol. The second-order valence-corrected chi connectivity index (χ2v) is 11.1. The van der Waals surface area contributed by atoms with Crippen LogP contribution in [0.25, 0.3) is 0 Å². The van der Waals surface area contributed by atoms with Gasteiger partial charge >= 0.3 is 7.82 Å². The van der Waals surface area contributed by atoms with E-state index >= 15 is 0 Å². The Balaban J connectivity index is 3.97. The standard InChI is InChI=1S/C26H55O5P/c1-6-11-18-25(7-2,8-3)19-12-15-22-30-23-16-13-20-26(9-4,10-5)21-14-17-24-31-32(27,28)29/h6-24H2,1-5H3,(H2,27,28,29). The molecular formula is C26H55O5P. The van der Waals surface area contributed by atoms with Crippen molar-refractivity contribution in [2.75, 3.05) is 19.8 Å². The molecule has 0 saturated carbocycles. The summed E-state index contributed by atoms with van der Waals surface area (Å²) in [6, 6.07) is 0. The Morgan fingerprint density at radius 2 is 0.969 bits per heavy atom. The van der Waals surface area contributed by atoms with Crippen molar-refractivity contribution in [2.24, 2.45) is 10.8 Å². The van der Waals surface area contributed by atoms with Gasteiger partial charge < -0.3 is 14.5 Å². The lowest BCUT2D eigenvalue weighted by Crippen LogP contribution is -2.19. The average molecular weight is 479 g/mol. The fourth-order valence-electron chi connectivity index (χ4n) is 5.01. The van der Waals surface area contributed by atoms with Crippen LogP contribution in [0.3, 0.4) is 0 Å². The van der Waals surface area contributed by atoms with Gasteiger partial charge in [0, 0.05) is 13.2 Å². The molecule has 0 aromatic rings. The summed E-state index contributed by atoms with van der Waals surface area (Å²) in [6.07, 6.45) is 19.0. The summed E-state index contributed by atoms with van der Waals surface area (Å²) in [5.41, 5.74) is 0.895. The number of hydrogen-bond acceptors (Lipinski definition) is 3. The molecule has 0 aromatic heterocycles. The van der Waals surface area contributed by atoms with E-state index < -0.39 is 7.82 Å². The summed E-state index contributed by atoms with van der Waals surface area (Å²) in [5, 5.41) is 0. The molecule has 0 rings (SSSR count). The molecule has 0 aliphatic carbocycles. The lowest BCUT2D eigenvalue weighted by Gasteiger charge is -2.32. The Labute approximate surface area is 199 Å². The predicted octanol–water partition coefficient (Wildman–Crippen LogP) is 8.43. The fourth-order valence-corrected chi connectivity index (χ4v) is 5.38. The van der Waals surface area contributed by atoms with Crippen molar-refractivity contribution in [2.45, 2.75) is 137 Å². The van der Waals surface area contributed by atoms with Crippen LogP contribution in [0, 0.1) is 10.8 Å². The topological polar surface area (TPSA) is 76.0 Å². The van der Waals surface area contributed by atoms with Crippen molar-refractivity contribution in [3.05, 3.63) is 0 Å². The first-order valence-electron chi connectivity index (χ1n) is 13.5. The van der Waals surface area contributed by atoms with Gasteiger partial charge in [0.25, 0.3) is 0 Å². The molecule has 0 atom stereocenters. The zero-order valence-electron chi connectivity index (χ0n) is 22.0. The van der Waals surface area contributed by atoms with Crippen LogP contribution in [0.15, 0.2) is 0 Å². The summed E-state index contributed by atoms with van der Waals surface area (Å²) in [6.45, 7) is 13.4. The Kier molecular flexibility index (Phi) is 18.4. The number of phosphoric ester groups is 1. The van der Waals surface area contributed by atoms with Crippen LogP contribution in [-0.2, 0) is 13.8 Å². The maximum absolute atomic E-state index is 10.8. The van der Waals surface area contributed by atoms with E-state index in [1.165, 1.54) is 64.2 Å². The Bertz CT molecular complexity index is 469. The fraction of sp³-hybridized carbons (Fsp3) is 1.00. The molecule has 0 amide bonds. The van der Waals surface area contributed by atoms with Crippen LogP contribution >= 0.6 is 7.82 Å². The summed E-state index contributed by atoms with van der Waals surface area (Å²) < 4.78 is 21.3. The van der Waals surface area contributed by atoms with Gasteiger partial charge in [-0.1, -0.05) is 92.4 Å². The lowest BCUT2D eigenvalue weighted by atomic mass is 9.74. The number of unbranched alkanes of at least 4 members (excludes halogenated alkanes) is 4. The minimum absolute atomic E-state index is 0.137. The van der Waals surface area contributed by atoms with Crippen molar-refractivity contribution < 1.29 is 23.6 Å². The number of phosphoric acid groups is 1. The molecule has 0 unspecified atom stereocenters. The highest BCUT2D eigenvalue weighted by Gasteiger charge is 2.26. The third kappa shape index (κ3) is 15.1. The zero-order valence-corrected chi connectivity index (χ0v) is 22.9. The van der Waals surface area contributed by atoms with Crippen molar-refractivity contribution >= 4 is 7.82 Å². The number of hydrogen-bond donors (Lipinski definition) is 2. The van der Waals surface area contributed by atoms with E-state index in [0.29, 0.717) is 17.3 Å². The smallest absolute Gasteiger partial charge is 0.381 e. The Hall–Kier alpha value is 0.0700. The average Bonchev–Trinajstić information content (AvgIpc) is 2.78. The van der Waals surface area contributed by atoms with Crippen molar-refractivity contribution in [3.63, 3.8) is 0 Å². The van der Waals surface area contributed by atoms with E-state index in [2.05, 4.69) is 39.1 Å². The molecule has 0 aliphatic rings. The second kappa shape index (κ2) is 18.4. The van der Waals surface area contributed by atoms with E-state index in [-0.39, 0.29) is 6.61 Å².